The summed E-state index contributed by atoms with van der Waals surface area (Å²) in [5, 5.41) is 7.17. The molecule has 6 heteroatoms. The molecule has 0 saturated heterocycles. The normalized spacial score (nSPS) is 10.8. The molecule has 0 atom stereocenters. The summed E-state index contributed by atoms with van der Waals surface area (Å²) in [6.45, 7) is 1.94. The average molecular weight is 258 g/mol. The van der Waals surface area contributed by atoms with Crippen LogP contribution in [0.25, 0.3) is 10.6 Å². The molecule has 0 aromatic carbocycles. The molecule has 0 spiro atoms. The number of methoxy groups -OCH3 is 1. The van der Waals surface area contributed by atoms with Crippen LogP contribution in [0.2, 0.25) is 0 Å². The predicted molar refractivity (Wildman–Crippen MR) is 65.2 cm³/mol. The number of halogens is 1. The highest BCUT2D eigenvalue weighted by molar-refractivity contribution is 7.13. The molecule has 4 nitrogen and oxygen atoms in total. The molecule has 0 aliphatic heterocycles. The first-order valence-corrected chi connectivity index (χ1v) is 6.17. The van der Waals surface area contributed by atoms with Gasteiger partial charge < -0.3 is 4.74 Å². The van der Waals surface area contributed by atoms with Crippen LogP contribution in [0.1, 0.15) is 11.4 Å². The van der Waals surface area contributed by atoms with Crippen molar-refractivity contribution in [2.24, 2.45) is 7.05 Å². The first kappa shape index (κ1) is 11.4. The third kappa shape index (κ3) is 1.81. The van der Waals surface area contributed by atoms with Gasteiger partial charge in [0.05, 0.1) is 29.9 Å². The molecule has 86 valence electrons. The Balaban J connectivity index is 2.54. The van der Waals surface area contributed by atoms with Gasteiger partial charge in [-0.2, -0.15) is 5.10 Å². The van der Waals surface area contributed by atoms with Gasteiger partial charge in [-0.15, -0.1) is 22.9 Å². The van der Waals surface area contributed by atoms with E-state index in [1.807, 2.05) is 19.4 Å². The van der Waals surface area contributed by atoms with Crippen molar-refractivity contribution < 1.29 is 4.74 Å². The van der Waals surface area contributed by atoms with Gasteiger partial charge in [0.15, 0.2) is 0 Å². The number of thiazole rings is 1. The molecule has 2 aromatic rings. The van der Waals surface area contributed by atoms with Crippen LogP contribution in [0.3, 0.4) is 0 Å². The largest absolute Gasteiger partial charge is 0.481 e. The Labute approximate surface area is 103 Å². The molecule has 0 aliphatic carbocycles. The van der Waals surface area contributed by atoms with E-state index in [-0.39, 0.29) is 0 Å². The summed E-state index contributed by atoms with van der Waals surface area (Å²) in [6, 6.07) is 0. The zero-order chi connectivity index (χ0) is 11.7. The van der Waals surface area contributed by atoms with Crippen molar-refractivity contribution in [1.29, 1.82) is 0 Å². The SMILES string of the molecule is COc1c(-c2nc(CCl)cs2)c(C)nn1C. The number of hydrogen-bond donors (Lipinski definition) is 0. The second kappa shape index (κ2) is 4.43. The van der Waals surface area contributed by atoms with E-state index in [1.54, 1.807) is 23.1 Å². The van der Waals surface area contributed by atoms with E-state index >= 15 is 0 Å². The van der Waals surface area contributed by atoms with Gasteiger partial charge in [0.25, 0.3) is 0 Å². The minimum Gasteiger partial charge on any atom is -0.481 e. The number of ether oxygens (including phenoxy) is 1. The average Bonchev–Trinajstić information content (AvgIpc) is 2.82. The maximum absolute atomic E-state index is 5.74. The minimum absolute atomic E-state index is 0.429. The highest BCUT2D eigenvalue weighted by atomic mass is 35.5. The molecule has 2 rings (SSSR count). The molecule has 0 radical (unpaired) electrons. The zero-order valence-electron chi connectivity index (χ0n) is 9.32. The van der Waals surface area contributed by atoms with Crippen molar-refractivity contribution in [3.05, 3.63) is 16.8 Å². The second-order valence-corrected chi connectivity index (χ2v) is 4.50. The fourth-order valence-corrected chi connectivity index (χ4v) is 2.74. The smallest absolute Gasteiger partial charge is 0.222 e. The van der Waals surface area contributed by atoms with E-state index in [2.05, 4.69) is 10.1 Å². The van der Waals surface area contributed by atoms with Gasteiger partial charge in [-0.25, -0.2) is 9.67 Å². The zero-order valence-corrected chi connectivity index (χ0v) is 10.9. The van der Waals surface area contributed by atoms with Crippen LogP contribution < -0.4 is 4.74 Å². The number of hydrogen-bond acceptors (Lipinski definition) is 4. The van der Waals surface area contributed by atoms with Crippen LogP contribution in [-0.4, -0.2) is 21.9 Å². The van der Waals surface area contributed by atoms with E-state index in [0.717, 1.165) is 27.8 Å². The number of rotatable bonds is 3. The third-order valence-corrected chi connectivity index (χ3v) is 3.45. The molecule has 2 heterocycles. The summed E-state index contributed by atoms with van der Waals surface area (Å²) in [6.07, 6.45) is 0. The monoisotopic (exact) mass is 257 g/mol. The summed E-state index contributed by atoms with van der Waals surface area (Å²) in [5.74, 6) is 1.16. The van der Waals surface area contributed by atoms with Crippen molar-refractivity contribution in [2.75, 3.05) is 7.11 Å². The lowest BCUT2D eigenvalue weighted by Crippen LogP contribution is -1.95. The molecule has 0 fully saturated rings. The molecular formula is C10H12ClN3OS. The van der Waals surface area contributed by atoms with Crippen molar-refractivity contribution in [1.82, 2.24) is 14.8 Å². The fraction of sp³-hybridized carbons (Fsp3) is 0.400. The molecule has 0 bridgehead atoms. The molecule has 2 aromatic heterocycles. The quantitative estimate of drug-likeness (QED) is 0.794. The van der Waals surface area contributed by atoms with Gasteiger partial charge in [-0.3, -0.25) is 0 Å². The summed E-state index contributed by atoms with van der Waals surface area (Å²) < 4.78 is 7.04. The Kier molecular flexibility index (Phi) is 3.16. The lowest BCUT2D eigenvalue weighted by atomic mass is 10.2. The first-order chi connectivity index (χ1) is 7.67. The van der Waals surface area contributed by atoms with Crippen molar-refractivity contribution in [3.63, 3.8) is 0 Å². The molecule has 0 aliphatic rings. The van der Waals surface area contributed by atoms with Gasteiger partial charge in [0.2, 0.25) is 5.88 Å². The molecule has 16 heavy (non-hydrogen) atoms. The van der Waals surface area contributed by atoms with Crippen LogP contribution >= 0.6 is 22.9 Å². The fourth-order valence-electron chi connectivity index (χ4n) is 1.60. The van der Waals surface area contributed by atoms with E-state index in [4.69, 9.17) is 16.3 Å². The van der Waals surface area contributed by atoms with Crippen molar-refractivity contribution >= 4 is 22.9 Å². The van der Waals surface area contributed by atoms with Gasteiger partial charge in [-0.1, -0.05) is 0 Å². The van der Waals surface area contributed by atoms with Crippen LogP contribution in [0, 0.1) is 6.92 Å². The Morgan fingerprint density at radius 2 is 2.31 bits per heavy atom. The van der Waals surface area contributed by atoms with Gasteiger partial charge in [0, 0.05) is 12.4 Å². The summed E-state index contributed by atoms with van der Waals surface area (Å²) in [5.41, 5.74) is 2.74. The molecule has 0 amide bonds. The van der Waals surface area contributed by atoms with Crippen LogP contribution in [0.15, 0.2) is 5.38 Å². The Bertz CT molecular complexity index is 506. The van der Waals surface area contributed by atoms with Crippen LogP contribution in [0.5, 0.6) is 5.88 Å². The van der Waals surface area contributed by atoms with Gasteiger partial charge in [-0.05, 0) is 6.92 Å². The van der Waals surface area contributed by atoms with E-state index in [0.29, 0.717) is 5.88 Å². The summed E-state index contributed by atoms with van der Waals surface area (Å²) >= 11 is 7.29. The third-order valence-electron chi connectivity index (χ3n) is 2.27. The van der Waals surface area contributed by atoms with Crippen molar-refractivity contribution in [2.45, 2.75) is 12.8 Å². The minimum atomic E-state index is 0.429. The number of nitrogens with zero attached hydrogens (tertiary/aromatic N) is 3. The number of aryl methyl sites for hydroxylation is 2. The highest BCUT2D eigenvalue weighted by Crippen LogP contribution is 2.34. The Hall–Kier alpha value is -1.07. The van der Waals surface area contributed by atoms with Crippen LogP contribution in [-0.2, 0) is 12.9 Å². The van der Waals surface area contributed by atoms with Gasteiger partial charge in [0.1, 0.15) is 5.01 Å². The first-order valence-electron chi connectivity index (χ1n) is 4.75. The Morgan fingerprint density at radius 1 is 1.56 bits per heavy atom. The van der Waals surface area contributed by atoms with Crippen LogP contribution in [0.4, 0.5) is 0 Å². The molecule has 0 saturated carbocycles. The summed E-state index contributed by atoms with van der Waals surface area (Å²) in [7, 11) is 3.49. The summed E-state index contributed by atoms with van der Waals surface area (Å²) in [4.78, 5) is 4.43. The second-order valence-electron chi connectivity index (χ2n) is 3.37. The highest BCUT2D eigenvalue weighted by Gasteiger charge is 2.18. The number of aromatic nitrogens is 3. The van der Waals surface area contributed by atoms with Crippen molar-refractivity contribution in [3.8, 4) is 16.5 Å². The predicted octanol–water partition coefficient (Wildman–Crippen LogP) is 2.60. The molecule has 0 unspecified atom stereocenters. The topological polar surface area (TPSA) is 39.9 Å². The standard InChI is InChI=1S/C10H12ClN3OS/c1-6-8(10(15-3)14(2)13-6)9-12-7(4-11)5-16-9/h5H,4H2,1-3H3. The molecular weight excluding hydrogens is 246 g/mol. The Morgan fingerprint density at radius 3 is 2.88 bits per heavy atom. The maximum atomic E-state index is 5.74. The van der Waals surface area contributed by atoms with E-state index < -0.39 is 0 Å². The lowest BCUT2D eigenvalue weighted by Gasteiger charge is -2.01. The lowest BCUT2D eigenvalue weighted by molar-refractivity contribution is 0.375. The molecule has 0 N–H and O–H groups in total. The number of alkyl halides is 1. The van der Waals surface area contributed by atoms with Gasteiger partial charge >= 0.3 is 0 Å². The van der Waals surface area contributed by atoms with E-state index in [9.17, 15) is 0 Å². The maximum Gasteiger partial charge on any atom is 0.222 e. The van der Waals surface area contributed by atoms with E-state index in [1.165, 1.54) is 0 Å².